The zero-order chi connectivity index (χ0) is 28.9. The van der Waals surface area contributed by atoms with E-state index in [1.54, 1.807) is 11.2 Å². The van der Waals surface area contributed by atoms with Crippen LogP contribution >= 0.6 is 11.3 Å². The number of hydrogen-bond donors (Lipinski definition) is 1. The first-order chi connectivity index (χ1) is 20.6. The number of hydrogen-bond acceptors (Lipinski definition) is 7. The van der Waals surface area contributed by atoms with Crippen molar-refractivity contribution < 1.29 is 19.1 Å². The van der Waals surface area contributed by atoms with Crippen LogP contribution in [0.25, 0.3) is 22.0 Å². The quantitative estimate of drug-likeness (QED) is 0.198. The van der Waals surface area contributed by atoms with Gasteiger partial charge < -0.3 is 19.4 Å². The van der Waals surface area contributed by atoms with E-state index < -0.39 is 5.97 Å². The number of piperidine rings is 1. The number of thiazole rings is 1. The summed E-state index contributed by atoms with van der Waals surface area (Å²) in [5.41, 5.74) is 3.47. The summed E-state index contributed by atoms with van der Waals surface area (Å²) < 4.78 is 10.7. The maximum atomic E-state index is 13.0. The monoisotopic (exact) mass is 580 g/mol. The molecular formula is C33H32N4O4S. The highest BCUT2D eigenvalue weighted by atomic mass is 32.1. The third kappa shape index (κ3) is 5.92. The van der Waals surface area contributed by atoms with Crippen molar-refractivity contribution in [2.24, 2.45) is 5.92 Å². The van der Waals surface area contributed by atoms with E-state index in [0.717, 1.165) is 51.9 Å². The first-order valence-electron chi connectivity index (χ1n) is 14.1. The molecule has 1 aliphatic heterocycles. The number of nitrogens with zero attached hydrogens (tertiary/aromatic N) is 3. The van der Waals surface area contributed by atoms with Crippen molar-refractivity contribution >= 4 is 34.2 Å². The summed E-state index contributed by atoms with van der Waals surface area (Å²) in [5.74, 6) is -0.110. The van der Waals surface area contributed by atoms with Gasteiger partial charge in [0.05, 0.1) is 25.0 Å². The number of carbonyl (C=O) groups excluding carboxylic acids is 2. The molecule has 214 valence electrons. The van der Waals surface area contributed by atoms with Gasteiger partial charge >= 0.3 is 12.1 Å². The highest BCUT2D eigenvalue weighted by molar-refractivity contribution is 7.14. The second kappa shape index (κ2) is 12.6. The van der Waals surface area contributed by atoms with Crippen LogP contribution in [0.15, 0.2) is 85.3 Å². The molecule has 8 nitrogen and oxygen atoms in total. The average molecular weight is 581 g/mol. The van der Waals surface area contributed by atoms with Gasteiger partial charge in [-0.25, -0.2) is 19.6 Å². The van der Waals surface area contributed by atoms with Crippen molar-refractivity contribution in [2.45, 2.75) is 31.8 Å². The van der Waals surface area contributed by atoms with Gasteiger partial charge in [-0.1, -0.05) is 72.8 Å². The third-order valence-corrected chi connectivity index (χ3v) is 9.05. The first kappa shape index (κ1) is 27.7. The molecule has 0 aliphatic carbocycles. The number of H-pyrrole nitrogens is 1. The number of carbonyl (C=O) groups is 2. The van der Waals surface area contributed by atoms with Crippen LogP contribution in [0.4, 0.5) is 4.79 Å². The molecule has 5 aromatic rings. The molecule has 1 unspecified atom stereocenters. The molecule has 1 aliphatic rings. The molecule has 6 rings (SSSR count). The lowest BCUT2D eigenvalue weighted by Crippen LogP contribution is -2.39. The van der Waals surface area contributed by atoms with Crippen LogP contribution < -0.4 is 0 Å². The molecule has 2 aromatic heterocycles. The second-order valence-corrected chi connectivity index (χ2v) is 11.5. The van der Waals surface area contributed by atoms with Gasteiger partial charge in [-0.3, -0.25) is 0 Å². The first-order valence-corrected chi connectivity index (χ1v) is 14.9. The van der Waals surface area contributed by atoms with Crippen LogP contribution in [-0.4, -0.2) is 52.1 Å². The molecule has 0 radical (unpaired) electrons. The van der Waals surface area contributed by atoms with Gasteiger partial charge in [0.2, 0.25) is 0 Å². The van der Waals surface area contributed by atoms with Crippen LogP contribution in [0.2, 0.25) is 0 Å². The smallest absolute Gasteiger partial charge is 0.410 e. The Bertz CT molecular complexity index is 1650. The maximum Gasteiger partial charge on any atom is 0.410 e. The minimum absolute atomic E-state index is 0.0776. The number of esters is 1. The number of aromatic nitrogens is 3. The summed E-state index contributed by atoms with van der Waals surface area (Å²) >= 11 is 1.38. The Balaban J connectivity index is 1.22. The van der Waals surface area contributed by atoms with E-state index in [9.17, 15) is 9.59 Å². The number of rotatable bonds is 8. The zero-order valence-corrected chi connectivity index (χ0v) is 24.2. The van der Waals surface area contributed by atoms with Crippen LogP contribution in [0.3, 0.4) is 0 Å². The second-order valence-electron chi connectivity index (χ2n) is 10.5. The SMILES string of the molecule is COC(=O)c1sc(C(CC2CCN(C(=O)OCc3ccccc3)CC2)c2cnc[nH]2)nc1-c1cccc2ccccc12. The van der Waals surface area contributed by atoms with Crippen molar-refractivity contribution in [3.05, 3.63) is 106 Å². The summed E-state index contributed by atoms with van der Waals surface area (Å²) in [6, 6.07) is 23.9. The molecule has 1 amide bonds. The number of fused-ring (bicyclic) bond motifs is 1. The van der Waals surface area contributed by atoms with Gasteiger partial charge in [-0.2, -0.15) is 0 Å². The summed E-state index contributed by atoms with van der Waals surface area (Å²) in [6.07, 6.45) is 5.77. The summed E-state index contributed by atoms with van der Waals surface area (Å²) in [4.78, 5) is 40.6. The Morgan fingerprint density at radius 1 is 1.02 bits per heavy atom. The number of methoxy groups -OCH3 is 1. The summed E-state index contributed by atoms with van der Waals surface area (Å²) in [5, 5.41) is 2.96. The number of aromatic amines is 1. The summed E-state index contributed by atoms with van der Waals surface area (Å²) in [7, 11) is 1.40. The van der Waals surface area contributed by atoms with E-state index in [1.165, 1.54) is 18.4 Å². The lowest BCUT2D eigenvalue weighted by atomic mass is 9.86. The minimum Gasteiger partial charge on any atom is -0.465 e. The van der Waals surface area contributed by atoms with Crippen molar-refractivity contribution in [1.82, 2.24) is 19.9 Å². The van der Waals surface area contributed by atoms with Crippen molar-refractivity contribution in [1.29, 1.82) is 0 Å². The Labute approximate surface area is 248 Å². The van der Waals surface area contributed by atoms with E-state index in [4.69, 9.17) is 14.5 Å². The molecule has 3 heterocycles. The van der Waals surface area contributed by atoms with Gasteiger partial charge in [0, 0.05) is 30.5 Å². The Morgan fingerprint density at radius 2 is 1.79 bits per heavy atom. The van der Waals surface area contributed by atoms with Crippen LogP contribution in [0, 0.1) is 5.92 Å². The van der Waals surface area contributed by atoms with Crippen LogP contribution in [-0.2, 0) is 16.1 Å². The van der Waals surface area contributed by atoms with Gasteiger partial charge in [-0.15, -0.1) is 11.3 Å². The molecule has 0 saturated carbocycles. The normalized spacial score (nSPS) is 14.5. The lowest BCUT2D eigenvalue weighted by molar-refractivity contribution is 0.0606. The zero-order valence-electron chi connectivity index (χ0n) is 23.4. The molecule has 0 spiro atoms. The number of ether oxygens (including phenoxy) is 2. The summed E-state index contributed by atoms with van der Waals surface area (Å²) in [6.45, 7) is 1.55. The van der Waals surface area contributed by atoms with E-state index in [2.05, 4.69) is 28.2 Å². The lowest BCUT2D eigenvalue weighted by Gasteiger charge is -2.32. The molecule has 9 heteroatoms. The molecule has 1 atom stereocenters. The fourth-order valence-electron chi connectivity index (χ4n) is 5.64. The Morgan fingerprint density at radius 3 is 2.55 bits per heavy atom. The number of likely N-dealkylation sites (tertiary alicyclic amines) is 1. The number of benzene rings is 3. The molecular weight excluding hydrogens is 548 g/mol. The van der Waals surface area contributed by atoms with Gasteiger partial charge in [0.15, 0.2) is 0 Å². The number of amides is 1. The van der Waals surface area contributed by atoms with Gasteiger partial charge in [0.1, 0.15) is 16.5 Å². The van der Waals surface area contributed by atoms with Crippen molar-refractivity contribution in [3.8, 4) is 11.3 Å². The molecule has 0 bridgehead atoms. The standard InChI is InChI=1S/C33H32N4O4S/c1-40-32(38)30-29(26-13-7-11-24-10-5-6-12-25(24)26)36-31(42-30)27(28-19-34-21-35-28)18-22-14-16-37(17-15-22)33(39)41-20-23-8-3-2-4-9-23/h2-13,19,21-22,27H,14-18,20H2,1H3,(H,34,35). The van der Waals surface area contributed by atoms with Crippen molar-refractivity contribution in [3.63, 3.8) is 0 Å². The van der Waals surface area contributed by atoms with Gasteiger partial charge in [0.25, 0.3) is 0 Å². The average Bonchev–Trinajstić information content (AvgIpc) is 3.74. The predicted molar refractivity (Wildman–Crippen MR) is 162 cm³/mol. The van der Waals surface area contributed by atoms with E-state index in [0.29, 0.717) is 29.6 Å². The molecule has 1 fully saturated rings. The maximum absolute atomic E-state index is 13.0. The van der Waals surface area contributed by atoms with Crippen LogP contribution in [0.5, 0.6) is 0 Å². The largest absolute Gasteiger partial charge is 0.465 e. The van der Waals surface area contributed by atoms with E-state index in [1.807, 2.05) is 60.8 Å². The Kier molecular flexibility index (Phi) is 8.28. The predicted octanol–water partition coefficient (Wildman–Crippen LogP) is 7.04. The topological polar surface area (TPSA) is 97.4 Å². The van der Waals surface area contributed by atoms with E-state index in [-0.39, 0.29) is 18.6 Å². The van der Waals surface area contributed by atoms with Crippen LogP contribution in [0.1, 0.15) is 51.1 Å². The fraction of sp³-hybridized carbons (Fsp3) is 0.273. The highest BCUT2D eigenvalue weighted by Gasteiger charge is 2.31. The van der Waals surface area contributed by atoms with E-state index >= 15 is 0 Å². The molecule has 42 heavy (non-hydrogen) atoms. The van der Waals surface area contributed by atoms with Crippen molar-refractivity contribution in [2.75, 3.05) is 20.2 Å². The minimum atomic E-state index is -0.396. The molecule has 3 aromatic carbocycles. The highest BCUT2D eigenvalue weighted by Crippen LogP contribution is 2.41. The van der Waals surface area contributed by atoms with Gasteiger partial charge in [-0.05, 0) is 41.5 Å². The third-order valence-electron chi connectivity index (χ3n) is 7.90. The number of imidazole rings is 1. The fourth-order valence-corrected chi connectivity index (χ4v) is 6.77. The molecule has 1 N–H and O–H groups in total. The number of nitrogens with one attached hydrogen (secondary N) is 1. The molecule has 1 saturated heterocycles. The Hall–Kier alpha value is -4.50.